The van der Waals surface area contributed by atoms with E-state index in [-0.39, 0.29) is 11.8 Å². The van der Waals surface area contributed by atoms with Crippen LogP contribution >= 0.6 is 0 Å². The lowest BCUT2D eigenvalue weighted by Crippen LogP contribution is -2.79. The molecule has 5 nitrogen and oxygen atoms in total. The normalized spacial score (nSPS) is 57.4. The highest BCUT2D eigenvalue weighted by atomic mass is 16.7. The van der Waals surface area contributed by atoms with E-state index in [4.69, 9.17) is 9.47 Å². The Hall–Kier alpha value is -1.01. The van der Waals surface area contributed by atoms with Gasteiger partial charge in [-0.25, -0.2) is 0 Å². The molecule has 2 N–H and O–H groups in total. The zero-order valence-electron chi connectivity index (χ0n) is 15.6. The van der Waals surface area contributed by atoms with E-state index >= 15 is 0 Å². The molecule has 0 radical (unpaired) electrons. The quantitative estimate of drug-likeness (QED) is 0.584. The zero-order chi connectivity index (χ0) is 18.6. The van der Waals surface area contributed by atoms with Crippen LogP contribution in [0.2, 0.25) is 0 Å². The monoisotopic (exact) mass is 360 g/mol. The van der Waals surface area contributed by atoms with Gasteiger partial charge in [0.25, 0.3) is 0 Å². The number of ether oxygens (including phenoxy) is 2. The number of carbonyl (C=O) groups excluding carboxylic acids is 1. The molecule has 2 heterocycles. The summed E-state index contributed by atoms with van der Waals surface area (Å²) in [6, 6.07) is 0. The van der Waals surface area contributed by atoms with Gasteiger partial charge in [0.1, 0.15) is 17.5 Å². The van der Waals surface area contributed by atoms with Gasteiger partial charge >= 0.3 is 0 Å². The molecule has 1 spiro atoms. The van der Waals surface area contributed by atoms with Gasteiger partial charge in [-0.15, -0.1) is 0 Å². The molecule has 26 heavy (non-hydrogen) atoms. The summed E-state index contributed by atoms with van der Waals surface area (Å²) in [5.74, 6) is -0.379. The second-order valence-corrected chi connectivity index (χ2v) is 9.40. The fourth-order valence-electron chi connectivity index (χ4n) is 7.23. The summed E-state index contributed by atoms with van der Waals surface area (Å²) < 4.78 is 12.5. The molecule has 0 aromatic carbocycles. The lowest BCUT2D eigenvalue weighted by molar-refractivity contribution is -0.405. The van der Waals surface area contributed by atoms with Gasteiger partial charge in [0.05, 0.1) is 11.5 Å². The Morgan fingerprint density at radius 1 is 1.35 bits per heavy atom. The van der Waals surface area contributed by atoms with Gasteiger partial charge in [0.2, 0.25) is 0 Å². The third-order valence-corrected chi connectivity index (χ3v) is 8.85. The van der Waals surface area contributed by atoms with Crippen LogP contribution in [0.1, 0.15) is 51.9 Å². The van der Waals surface area contributed by atoms with Gasteiger partial charge in [-0.3, -0.25) is 0 Å². The third-order valence-electron chi connectivity index (χ3n) is 8.85. The molecule has 5 fully saturated rings. The summed E-state index contributed by atoms with van der Waals surface area (Å²) in [5.41, 5.74) is -2.29. The summed E-state index contributed by atoms with van der Waals surface area (Å²) in [6.45, 7) is 6.26. The molecule has 0 aromatic rings. The van der Waals surface area contributed by atoms with Crippen molar-refractivity contribution in [3.8, 4) is 0 Å². The standard InChI is InChI=1S/C21H28O5/c1-13-6-7-20(24)15-5-4-14-10-19(25-3)9-8-17(14,2)21(15,26-19)16(23)11-18(13,20)12-22/h5,12,14,16,23-24H,1,4,6-11H2,2-3H3/t14-,16-,17+,18+,19?,20+,21+/m1/s1. The van der Waals surface area contributed by atoms with E-state index in [1.54, 1.807) is 7.11 Å². The minimum absolute atomic E-state index is 0.158. The second-order valence-electron chi connectivity index (χ2n) is 9.40. The zero-order valence-corrected chi connectivity index (χ0v) is 15.6. The molecule has 4 aliphatic carbocycles. The smallest absolute Gasteiger partial charge is 0.169 e. The Labute approximate surface area is 154 Å². The summed E-state index contributed by atoms with van der Waals surface area (Å²) in [4.78, 5) is 12.2. The summed E-state index contributed by atoms with van der Waals surface area (Å²) in [7, 11) is 1.67. The van der Waals surface area contributed by atoms with Crippen molar-refractivity contribution in [3.63, 3.8) is 0 Å². The Kier molecular flexibility index (Phi) is 3.09. The highest BCUT2D eigenvalue weighted by Crippen LogP contribution is 2.73. The Balaban J connectivity index is 1.76. The molecule has 0 amide bonds. The lowest BCUT2D eigenvalue weighted by Gasteiger charge is -2.72. The van der Waals surface area contributed by atoms with Crippen molar-refractivity contribution in [1.82, 2.24) is 0 Å². The number of fused-ring (bicyclic) bond motifs is 3. The van der Waals surface area contributed by atoms with E-state index in [0.717, 1.165) is 37.5 Å². The molecule has 142 valence electrons. The number of aliphatic hydroxyl groups is 2. The van der Waals surface area contributed by atoms with E-state index in [0.29, 0.717) is 24.3 Å². The number of aldehydes is 1. The molecular formula is C21H28O5. The van der Waals surface area contributed by atoms with Crippen LogP contribution in [0.3, 0.4) is 0 Å². The van der Waals surface area contributed by atoms with E-state index in [9.17, 15) is 15.0 Å². The topological polar surface area (TPSA) is 76.0 Å². The minimum atomic E-state index is -1.33. The molecule has 2 aliphatic heterocycles. The van der Waals surface area contributed by atoms with Crippen LogP contribution in [0.15, 0.2) is 23.8 Å². The third kappa shape index (κ3) is 1.47. The highest BCUT2D eigenvalue weighted by Gasteiger charge is 2.78. The summed E-state index contributed by atoms with van der Waals surface area (Å²) in [5, 5.41) is 23.3. The van der Waals surface area contributed by atoms with Crippen LogP contribution in [0, 0.1) is 16.7 Å². The highest BCUT2D eigenvalue weighted by molar-refractivity contribution is 5.73. The van der Waals surface area contributed by atoms with E-state index in [1.165, 1.54) is 0 Å². The Bertz CT molecular complexity index is 745. The molecule has 4 bridgehead atoms. The molecule has 6 aliphatic rings. The number of aliphatic hydroxyl groups excluding tert-OH is 1. The average molecular weight is 360 g/mol. The van der Waals surface area contributed by atoms with Crippen LogP contribution in [0.25, 0.3) is 0 Å². The molecule has 3 saturated carbocycles. The minimum Gasteiger partial charge on any atom is -0.390 e. The maximum absolute atomic E-state index is 12.2. The summed E-state index contributed by atoms with van der Waals surface area (Å²) >= 11 is 0. The lowest BCUT2D eigenvalue weighted by atomic mass is 9.42. The van der Waals surface area contributed by atoms with Gasteiger partial charge < -0.3 is 24.5 Å². The van der Waals surface area contributed by atoms with Gasteiger partial charge in [-0.2, -0.15) is 0 Å². The molecule has 5 heteroatoms. The molecular weight excluding hydrogens is 332 g/mol. The molecule has 2 saturated heterocycles. The fourth-order valence-corrected chi connectivity index (χ4v) is 7.23. The molecule has 0 aromatic heterocycles. The van der Waals surface area contributed by atoms with Crippen molar-refractivity contribution in [2.75, 3.05) is 7.11 Å². The number of methoxy groups -OCH3 is 1. The number of hydrogen-bond donors (Lipinski definition) is 2. The summed E-state index contributed by atoms with van der Waals surface area (Å²) in [6.07, 6.45) is 6.49. The van der Waals surface area contributed by atoms with E-state index in [1.807, 2.05) is 0 Å². The van der Waals surface area contributed by atoms with Crippen LogP contribution in [-0.4, -0.2) is 46.7 Å². The Morgan fingerprint density at radius 2 is 2.12 bits per heavy atom. The van der Waals surface area contributed by atoms with Gasteiger partial charge in [0, 0.05) is 25.4 Å². The SMILES string of the molecule is C=C1CC[C@]2(O)C3=CC[C@@H]4CC5(OC)CC[C@]4(C)[C@@]3(O5)[C@H](O)C[C@]12C=O. The van der Waals surface area contributed by atoms with E-state index in [2.05, 4.69) is 19.6 Å². The molecule has 6 rings (SSSR count). The number of carbonyl (C=O) groups is 1. The fraction of sp³-hybridized carbons (Fsp3) is 0.762. The van der Waals surface area contributed by atoms with Crippen molar-refractivity contribution < 1.29 is 24.5 Å². The van der Waals surface area contributed by atoms with Crippen LogP contribution in [0.4, 0.5) is 0 Å². The predicted molar refractivity (Wildman–Crippen MR) is 94.1 cm³/mol. The molecule has 1 unspecified atom stereocenters. The number of allylic oxidation sites excluding steroid dienone is 1. The van der Waals surface area contributed by atoms with E-state index < -0.39 is 28.5 Å². The first-order valence-corrected chi connectivity index (χ1v) is 9.75. The van der Waals surface area contributed by atoms with Crippen molar-refractivity contribution >= 4 is 6.29 Å². The Morgan fingerprint density at radius 3 is 2.81 bits per heavy atom. The van der Waals surface area contributed by atoms with Crippen molar-refractivity contribution in [3.05, 3.63) is 23.8 Å². The second kappa shape index (κ2) is 4.69. The molecule has 7 atom stereocenters. The maximum Gasteiger partial charge on any atom is 0.169 e. The largest absolute Gasteiger partial charge is 0.390 e. The average Bonchev–Trinajstić information content (AvgIpc) is 2.87. The van der Waals surface area contributed by atoms with Crippen LogP contribution in [0.5, 0.6) is 0 Å². The first-order chi connectivity index (χ1) is 12.2. The van der Waals surface area contributed by atoms with Gasteiger partial charge in [-0.1, -0.05) is 25.2 Å². The number of rotatable bonds is 2. The maximum atomic E-state index is 12.2. The van der Waals surface area contributed by atoms with Crippen LogP contribution < -0.4 is 0 Å². The van der Waals surface area contributed by atoms with Crippen molar-refractivity contribution in [2.24, 2.45) is 16.7 Å². The predicted octanol–water partition coefficient (Wildman–Crippen LogP) is 2.27. The van der Waals surface area contributed by atoms with Crippen LogP contribution in [-0.2, 0) is 14.3 Å². The first-order valence-electron chi connectivity index (χ1n) is 9.75. The first kappa shape index (κ1) is 17.1. The van der Waals surface area contributed by atoms with Gasteiger partial charge in [-0.05, 0) is 43.6 Å². The van der Waals surface area contributed by atoms with Crippen molar-refractivity contribution in [2.45, 2.75) is 75.0 Å². The van der Waals surface area contributed by atoms with Crippen molar-refractivity contribution in [1.29, 1.82) is 0 Å². The number of hydrogen-bond acceptors (Lipinski definition) is 5. The van der Waals surface area contributed by atoms with Gasteiger partial charge in [0.15, 0.2) is 5.79 Å².